The Morgan fingerprint density at radius 1 is 1.32 bits per heavy atom. The van der Waals surface area contributed by atoms with Gasteiger partial charge >= 0.3 is 5.97 Å². The molecule has 6 heteroatoms. The smallest absolute Gasteiger partial charge is 0.307 e. The Kier molecular flexibility index (Phi) is 3.93. The molecule has 0 bridgehead atoms. The Morgan fingerprint density at radius 2 is 1.95 bits per heavy atom. The average Bonchev–Trinajstić information content (AvgIpc) is 2.32. The number of nitrogens with two attached hydrogens (primary N) is 1. The van der Waals surface area contributed by atoms with Crippen molar-refractivity contribution in [1.82, 2.24) is 4.98 Å². The fourth-order valence-corrected chi connectivity index (χ4v) is 2.29. The summed E-state index contributed by atoms with van der Waals surface area (Å²) in [5.41, 5.74) is 7.58. The highest BCUT2D eigenvalue weighted by molar-refractivity contribution is 6.39. The van der Waals surface area contributed by atoms with E-state index in [-0.39, 0.29) is 6.42 Å². The highest BCUT2D eigenvalue weighted by Crippen LogP contribution is 2.34. The third kappa shape index (κ3) is 2.97. The maximum absolute atomic E-state index is 10.8. The summed E-state index contributed by atoms with van der Waals surface area (Å²) in [6, 6.07) is 6.70. The van der Waals surface area contributed by atoms with Crippen molar-refractivity contribution >= 4 is 34.9 Å². The molecule has 0 unspecified atom stereocenters. The zero-order valence-electron chi connectivity index (χ0n) is 9.73. The summed E-state index contributed by atoms with van der Waals surface area (Å²) >= 11 is 12.2. The Bertz CT molecular complexity index is 624. The van der Waals surface area contributed by atoms with Gasteiger partial charge < -0.3 is 10.8 Å². The van der Waals surface area contributed by atoms with Gasteiger partial charge in [-0.1, -0.05) is 29.3 Å². The maximum atomic E-state index is 10.8. The molecule has 0 radical (unpaired) electrons. The minimum absolute atomic E-state index is 0.177. The molecule has 0 aliphatic heterocycles. The lowest BCUT2D eigenvalue weighted by molar-refractivity contribution is -0.136. The van der Waals surface area contributed by atoms with Crippen LogP contribution in [0.3, 0.4) is 0 Å². The summed E-state index contributed by atoms with van der Waals surface area (Å²) in [4.78, 5) is 14.9. The number of carbonyl (C=O) groups is 1. The molecule has 0 spiro atoms. The fourth-order valence-electron chi connectivity index (χ4n) is 1.70. The minimum Gasteiger partial charge on any atom is -0.481 e. The van der Waals surface area contributed by atoms with Gasteiger partial charge in [-0.2, -0.15) is 0 Å². The summed E-state index contributed by atoms with van der Waals surface area (Å²) in [5.74, 6) is -0.964. The summed E-state index contributed by atoms with van der Waals surface area (Å²) in [5, 5.41) is 9.73. The van der Waals surface area contributed by atoms with Gasteiger partial charge in [-0.25, -0.2) is 0 Å². The number of halogens is 2. The van der Waals surface area contributed by atoms with E-state index < -0.39 is 5.97 Å². The minimum atomic E-state index is -0.964. The lowest BCUT2D eigenvalue weighted by atomic mass is 10.1. The molecule has 1 heterocycles. The molecule has 2 aromatic rings. The van der Waals surface area contributed by atoms with Gasteiger partial charge in [-0.3, -0.25) is 9.78 Å². The number of aliphatic carboxylic acids is 1. The predicted molar refractivity (Wildman–Crippen MR) is 75.4 cm³/mol. The second-order valence-electron chi connectivity index (χ2n) is 3.94. The molecular weight excluding hydrogens is 287 g/mol. The van der Waals surface area contributed by atoms with Gasteiger partial charge in [-0.15, -0.1) is 0 Å². The number of hydrogen-bond acceptors (Lipinski definition) is 3. The highest BCUT2D eigenvalue weighted by Gasteiger charge is 2.13. The van der Waals surface area contributed by atoms with Crippen LogP contribution in [0.15, 0.2) is 30.5 Å². The number of nitrogen functional groups attached to an aromatic ring is 1. The molecule has 0 fully saturated rings. The van der Waals surface area contributed by atoms with Crippen molar-refractivity contribution < 1.29 is 9.90 Å². The number of pyridine rings is 1. The van der Waals surface area contributed by atoms with E-state index in [9.17, 15) is 4.79 Å². The van der Waals surface area contributed by atoms with Crippen LogP contribution in [0.4, 0.5) is 5.69 Å². The second kappa shape index (κ2) is 5.47. The monoisotopic (exact) mass is 296 g/mol. The molecule has 0 saturated carbocycles. The first kappa shape index (κ1) is 13.6. The molecule has 4 nitrogen and oxygen atoms in total. The predicted octanol–water partition coefficient (Wildman–Crippen LogP) is 3.26. The van der Waals surface area contributed by atoms with Crippen LogP contribution in [0.25, 0.3) is 11.3 Å². The number of hydrogen-bond donors (Lipinski definition) is 2. The van der Waals surface area contributed by atoms with Crippen LogP contribution in [0.2, 0.25) is 10.0 Å². The third-order valence-corrected chi connectivity index (χ3v) is 3.21. The molecule has 1 aromatic carbocycles. The third-order valence-electron chi connectivity index (χ3n) is 2.59. The molecular formula is C13H10Cl2N2O2. The largest absolute Gasteiger partial charge is 0.481 e. The van der Waals surface area contributed by atoms with Crippen molar-refractivity contribution in [3.05, 3.63) is 46.1 Å². The second-order valence-corrected chi connectivity index (χ2v) is 4.75. The van der Waals surface area contributed by atoms with Gasteiger partial charge in [0.1, 0.15) is 0 Å². The zero-order valence-corrected chi connectivity index (χ0v) is 11.2. The van der Waals surface area contributed by atoms with Crippen LogP contribution >= 0.6 is 23.2 Å². The van der Waals surface area contributed by atoms with E-state index in [4.69, 9.17) is 34.0 Å². The van der Waals surface area contributed by atoms with E-state index in [0.29, 0.717) is 32.6 Å². The number of carboxylic acids is 1. The molecule has 1 aromatic heterocycles. The van der Waals surface area contributed by atoms with Crippen LogP contribution in [-0.4, -0.2) is 16.1 Å². The number of benzene rings is 1. The Hall–Kier alpha value is -1.78. The van der Waals surface area contributed by atoms with E-state index in [1.807, 2.05) is 0 Å². The summed E-state index contributed by atoms with van der Waals surface area (Å²) in [7, 11) is 0. The van der Waals surface area contributed by atoms with Gasteiger partial charge in [-0.05, 0) is 23.8 Å². The van der Waals surface area contributed by atoms with Gasteiger partial charge in [0, 0.05) is 5.56 Å². The van der Waals surface area contributed by atoms with E-state index >= 15 is 0 Å². The van der Waals surface area contributed by atoms with Crippen LogP contribution < -0.4 is 5.73 Å². The normalized spacial score (nSPS) is 10.4. The topological polar surface area (TPSA) is 76.2 Å². The molecule has 2 rings (SSSR count). The first-order chi connectivity index (χ1) is 8.99. The van der Waals surface area contributed by atoms with Crippen LogP contribution in [0, 0.1) is 0 Å². The molecule has 19 heavy (non-hydrogen) atoms. The van der Waals surface area contributed by atoms with Crippen molar-refractivity contribution in [3.63, 3.8) is 0 Å². The van der Waals surface area contributed by atoms with Crippen molar-refractivity contribution in [1.29, 1.82) is 0 Å². The quantitative estimate of drug-likeness (QED) is 0.911. The average molecular weight is 297 g/mol. The van der Waals surface area contributed by atoms with Crippen molar-refractivity contribution in [2.45, 2.75) is 6.42 Å². The van der Waals surface area contributed by atoms with Gasteiger partial charge in [0.15, 0.2) is 0 Å². The first-order valence-corrected chi connectivity index (χ1v) is 6.15. The number of aromatic nitrogens is 1. The Labute approximate surface area is 119 Å². The lowest BCUT2D eigenvalue weighted by Gasteiger charge is -2.09. The highest BCUT2D eigenvalue weighted by atomic mass is 35.5. The number of rotatable bonds is 3. The van der Waals surface area contributed by atoms with E-state index in [1.165, 1.54) is 6.20 Å². The summed E-state index contributed by atoms with van der Waals surface area (Å²) in [6.45, 7) is 0. The summed E-state index contributed by atoms with van der Waals surface area (Å²) in [6.07, 6.45) is 1.23. The van der Waals surface area contributed by atoms with Crippen LogP contribution in [0.5, 0.6) is 0 Å². The molecule has 0 aliphatic carbocycles. The van der Waals surface area contributed by atoms with E-state index in [1.54, 1.807) is 24.3 Å². The molecule has 0 aliphatic rings. The Morgan fingerprint density at radius 3 is 2.53 bits per heavy atom. The van der Waals surface area contributed by atoms with Crippen molar-refractivity contribution in [2.24, 2.45) is 0 Å². The van der Waals surface area contributed by atoms with Gasteiger partial charge in [0.2, 0.25) is 0 Å². The molecule has 3 N–H and O–H groups in total. The fraction of sp³-hybridized carbons (Fsp3) is 0.0769. The summed E-state index contributed by atoms with van der Waals surface area (Å²) < 4.78 is 0. The first-order valence-electron chi connectivity index (χ1n) is 5.39. The van der Waals surface area contributed by atoms with Crippen LogP contribution in [-0.2, 0) is 11.2 Å². The standard InChI is InChI=1S/C13H10Cl2N2O2/c14-8-2-1-3-9(15)13(8)11-4-7(5-12(18)19)10(16)6-17-11/h1-4,6H,5,16H2,(H,18,19). The van der Waals surface area contributed by atoms with E-state index in [0.717, 1.165) is 0 Å². The van der Waals surface area contributed by atoms with E-state index in [2.05, 4.69) is 4.98 Å². The van der Waals surface area contributed by atoms with Crippen LogP contribution in [0.1, 0.15) is 5.56 Å². The molecule has 0 saturated heterocycles. The van der Waals surface area contributed by atoms with Gasteiger partial charge in [0.05, 0.1) is 34.0 Å². The Balaban J connectivity index is 2.54. The number of carboxylic acid groups (broad SMARTS) is 1. The maximum Gasteiger partial charge on any atom is 0.307 e. The molecule has 0 atom stereocenters. The molecule has 0 amide bonds. The number of anilines is 1. The zero-order chi connectivity index (χ0) is 14.0. The van der Waals surface area contributed by atoms with Crippen molar-refractivity contribution in [3.8, 4) is 11.3 Å². The van der Waals surface area contributed by atoms with Gasteiger partial charge in [0.25, 0.3) is 0 Å². The number of nitrogens with zero attached hydrogens (tertiary/aromatic N) is 1. The van der Waals surface area contributed by atoms with Crippen molar-refractivity contribution in [2.75, 3.05) is 5.73 Å². The SMILES string of the molecule is Nc1cnc(-c2c(Cl)cccc2Cl)cc1CC(=O)O. The molecule has 98 valence electrons. The lowest BCUT2D eigenvalue weighted by Crippen LogP contribution is -2.04.